The van der Waals surface area contributed by atoms with E-state index in [4.69, 9.17) is 0 Å². The van der Waals surface area contributed by atoms with Crippen LogP contribution in [0.5, 0.6) is 0 Å². The number of rotatable bonds is 3. The lowest BCUT2D eigenvalue weighted by molar-refractivity contribution is -0.142. The fraction of sp³-hybridized carbons (Fsp3) is 0.556. The van der Waals surface area contributed by atoms with Crippen LogP contribution in [-0.2, 0) is 15.0 Å². The van der Waals surface area contributed by atoms with Crippen molar-refractivity contribution < 1.29 is 14.7 Å². The SMILES string of the molecule is Cc1cc(C)cc(C2(C(=O)N3C[C@@H](C)[C@H](C(=O)O)C3)CC2)c1. The molecule has 3 rings (SSSR count). The summed E-state index contributed by atoms with van der Waals surface area (Å²) in [5, 5.41) is 9.25. The summed E-state index contributed by atoms with van der Waals surface area (Å²) in [6.45, 7) is 6.93. The maximum atomic E-state index is 13.0. The van der Waals surface area contributed by atoms with Gasteiger partial charge in [-0.2, -0.15) is 0 Å². The maximum absolute atomic E-state index is 13.0. The van der Waals surface area contributed by atoms with E-state index in [2.05, 4.69) is 32.0 Å². The van der Waals surface area contributed by atoms with Crippen LogP contribution < -0.4 is 0 Å². The van der Waals surface area contributed by atoms with Gasteiger partial charge in [-0.05, 0) is 38.2 Å². The molecule has 0 unspecified atom stereocenters. The molecule has 4 nitrogen and oxygen atoms in total. The number of hydrogen-bond acceptors (Lipinski definition) is 2. The maximum Gasteiger partial charge on any atom is 0.308 e. The first-order valence-electron chi connectivity index (χ1n) is 7.94. The molecule has 2 atom stereocenters. The third-order valence-electron chi connectivity index (χ3n) is 5.15. The van der Waals surface area contributed by atoms with Gasteiger partial charge in [0.15, 0.2) is 0 Å². The molecule has 0 spiro atoms. The summed E-state index contributed by atoms with van der Waals surface area (Å²) in [6.07, 6.45) is 1.74. The van der Waals surface area contributed by atoms with Crippen molar-refractivity contribution in [1.82, 2.24) is 4.90 Å². The van der Waals surface area contributed by atoms with Crippen LogP contribution in [0.25, 0.3) is 0 Å². The van der Waals surface area contributed by atoms with Gasteiger partial charge in [-0.15, -0.1) is 0 Å². The van der Waals surface area contributed by atoms with Crippen molar-refractivity contribution in [3.05, 3.63) is 34.9 Å². The van der Waals surface area contributed by atoms with Crippen LogP contribution in [0.2, 0.25) is 0 Å². The Morgan fingerprint density at radius 2 is 1.73 bits per heavy atom. The summed E-state index contributed by atoms with van der Waals surface area (Å²) in [7, 11) is 0. The van der Waals surface area contributed by atoms with E-state index >= 15 is 0 Å². The fourth-order valence-corrected chi connectivity index (χ4v) is 3.76. The van der Waals surface area contributed by atoms with Crippen LogP contribution in [0.15, 0.2) is 18.2 Å². The van der Waals surface area contributed by atoms with Crippen molar-refractivity contribution in [3.63, 3.8) is 0 Å². The van der Waals surface area contributed by atoms with E-state index in [-0.39, 0.29) is 11.8 Å². The van der Waals surface area contributed by atoms with Gasteiger partial charge in [0.25, 0.3) is 0 Å². The summed E-state index contributed by atoms with van der Waals surface area (Å²) in [5.74, 6) is -1.08. The number of aliphatic carboxylic acids is 1. The molecule has 1 saturated carbocycles. The van der Waals surface area contributed by atoms with E-state index in [1.165, 1.54) is 11.1 Å². The molecule has 0 aromatic heterocycles. The summed E-state index contributed by atoms with van der Waals surface area (Å²) < 4.78 is 0. The van der Waals surface area contributed by atoms with Gasteiger partial charge in [0.2, 0.25) is 5.91 Å². The monoisotopic (exact) mass is 301 g/mol. The van der Waals surface area contributed by atoms with Gasteiger partial charge >= 0.3 is 5.97 Å². The Labute approximate surface area is 131 Å². The van der Waals surface area contributed by atoms with Crippen LogP contribution in [0.4, 0.5) is 0 Å². The molecule has 0 radical (unpaired) electrons. The van der Waals surface area contributed by atoms with E-state index in [1.807, 2.05) is 6.92 Å². The Morgan fingerprint density at radius 1 is 1.14 bits per heavy atom. The number of carboxylic acid groups (broad SMARTS) is 1. The number of amides is 1. The number of benzene rings is 1. The second-order valence-corrected chi connectivity index (χ2v) is 7.09. The molecular formula is C18H23NO3. The van der Waals surface area contributed by atoms with Crippen molar-refractivity contribution in [2.45, 2.75) is 39.0 Å². The number of carbonyl (C=O) groups is 2. The van der Waals surface area contributed by atoms with Crippen molar-refractivity contribution in [1.29, 1.82) is 0 Å². The van der Waals surface area contributed by atoms with Gasteiger partial charge < -0.3 is 10.0 Å². The van der Waals surface area contributed by atoms with Crippen molar-refractivity contribution in [3.8, 4) is 0 Å². The summed E-state index contributed by atoms with van der Waals surface area (Å²) in [4.78, 5) is 26.0. The normalized spacial score (nSPS) is 26.0. The standard InChI is InChI=1S/C18H23NO3/c1-11-6-12(2)8-14(7-11)18(4-5-18)17(22)19-9-13(3)15(10-19)16(20)21/h6-8,13,15H,4-5,9-10H2,1-3H3,(H,20,21)/t13-,15-/m1/s1. The third-order valence-corrected chi connectivity index (χ3v) is 5.15. The van der Waals surface area contributed by atoms with E-state index in [0.29, 0.717) is 13.1 Å². The van der Waals surface area contributed by atoms with Gasteiger partial charge in [0.1, 0.15) is 0 Å². The molecule has 2 fully saturated rings. The lowest BCUT2D eigenvalue weighted by atomic mass is 9.91. The number of carboxylic acids is 1. The zero-order valence-electron chi connectivity index (χ0n) is 13.4. The molecule has 4 heteroatoms. The lowest BCUT2D eigenvalue weighted by Gasteiger charge is -2.24. The minimum Gasteiger partial charge on any atom is -0.481 e. The van der Waals surface area contributed by atoms with Gasteiger partial charge in [0.05, 0.1) is 11.3 Å². The number of likely N-dealkylation sites (tertiary alicyclic amines) is 1. The predicted molar refractivity (Wildman–Crippen MR) is 83.7 cm³/mol. The molecule has 1 aliphatic carbocycles. The van der Waals surface area contributed by atoms with Crippen molar-refractivity contribution in [2.24, 2.45) is 11.8 Å². The van der Waals surface area contributed by atoms with E-state index in [1.54, 1.807) is 4.90 Å². The number of aryl methyl sites for hydroxylation is 2. The average Bonchev–Trinajstić information content (AvgIpc) is 3.14. The molecular weight excluding hydrogens is 278 g/mol. The first-order chi connectivity index (χ1) is 10.3. The molecule has 22 heavy (non-hydrogen) atoms. The molecule has 118 valence electrons. The lowest BCUT2D eigenvalue weighted by Crippen LogP contribution is -2.38. The largest absolute Gasteiger partial charge is 0.481 e. The minimum atomic E-state index is -0.793. The van der Waals surface area contributed by atoms with Crippen molar-refractivity contribution in [2.75, 3.05) is 13.1 Å². The van der Waals surface area contributed by atoms with Gasteiger partial charge in [0, 0.05) is 13.1 Å². The number of nitrogens with zero attached hydrogens (tertiary/aromatic N) is 1. The second-order valence-electron chi connectivity index (χ2n) is 7.09. The van der Waals surface area contributed by atoms with Crippen LogP contribution >= 0.6 is 0 Å². The van der Waals surface area contributed by atoms with Gasteiger partial charge in [-0.1, -0.05) is 36.2 Å². The Hall–Kier alpha value is -1.84. The van der Waals surface area contributed by atoms with Crippen LogP contribution in [0.3, 0.4) is 0 Å². The molecule has 1 aromatic carbocycles. The van der Waals surface area contributed by atoms with Crippen LogP contribution in [-0.4, -0.2) is 35.0 Å². The first-order valence-corrected chi connectivity index (χ1v) is 7.94. The molecule has 1 aliphatic heterocycles. The minimum absolute atomic E-state index is 0.0245. The fourth-order valence-electron chi connectivity index (χ4n) is 3.76. The third kappa shape index (κ3) is 2.40. The highest BCUT2D eigenvalue weighted by atomic mass is 16.4. The molecule has 1 N–H and O–H groups in total. The quantitative estimate of drug-likeness (QED) is 0.933. The van der Waals surface area contributed by atoms with E-state index in [0.717, 1.165) is 18.4 Å². The van der Waals surface area contributed by atoms with E-state index < -0.39 is 17.3 Å². The first kappa shape index (κ1) is 15.1. The van der Waals surface area contributed by atoms with Gasteiger partial charge in [-0.3, -0.25) is 9.59 Å². The van der Waals surface area contributed by atoms with Crippen molar-refractivity contribution >= 4 is 11.9 Å². The molecule has 0 bridgehead atoms. The molecule has 2 aliphatic rings. The molecule has 1 heterocycles. The predicted octanol–water partition coefficient (Wildman–Crippen LogP) is 2.51. The highest BCUT2D eigenvalue weighted by Crippen LogP contribution is 2.50. The topological polar surface area (TPSA) is 57.6 Å². The molecule has 1 aromatic rings. The highest BCUT2D eigenvalue weighted by molar-refractivity contribution is 5.92. The number of carbonyl (C=O) groups excluding carboxylic acids is 1. The van der Waals surface area contributed by atoms with Crippen LogP contribution in [0, 0.1) is 25.7 Å². The molecule has 1 saturated heterocycles. The summed E-state index contributed by atoms with van der Waals surface area (Å²) >= 11 is 0. The Bertz CT molecular complexity index is 613. The highest BCUT2D eigenvalue weighted by Gasteiger charge is 2.54. The molecule has 1 amide bonds. The Balaban J connectivity index is 1.84. The van der Waals surface area contributed by atoms with Crippen LogP contribution in [0.1, 0.15) is 36.5 Å². The zero-order valence-corrected chi connectivity index (χ0v) is 13.4. The summed E-state index contributed by atoms with van der Waals surface area (Å²) in [5.41, 5.74) is 3.05. The number of hydrogen-bond donors (Lipinski definition) is 1. The Morgan fingerprint density at radius 3 is 2.18 bits per heavy atom. The smallest absolute Gasteiger partial charge is 0.308 e. The zero-order chi connectivity index (χ0) is 16.1. The average molecular weight is 301 g/mol. The second kappa shape index (κ2) is 5.11. The Kier molecular flexibility index (Phi) is 3.50. The summed E-state index contributed by atoms with van der Waals surface area (Å²) in [6, 6.07) is 6.32. The van der Waals surface area contributed by atoms with Gasteiger partial charge in [-0.25, -0.2) is 0 Å². The van der Waals surface area contributed by atoms with E-state index in [9.17, 15) is 14.7 Å².